The van der Waals surface area contributed by atoms with Crippen molar-refractivity contribution in [3.05, 3.63) is 28.2 Å². The van der Waals surface area contributed by atoms with Crippen molar-refractivity contribution in [3.63, 3.8) is 0 Å². The number of nitrogens with one attached hydrogen (secondary N) is 2. The van der Waals surface area contributed by atoms with Crippen LogP contribution in [0, 0.1) is 0 Å². The van der Waals surface area contributed by atoms with Crippen molar-refractivity contribution in [2.45, 2.75) is 31.8 Å². The average Bonchev–Trinajstić information content (AvgIpc) is 3.15. The maximum Gasteiger partial charge on any atom is 0.255 e. The number of benzene rings is 1. The minimum atomic E-state index is -0.633. The lowest BCUT2D eigenvalue weighted by molar-refractivity contribution is -0.122. The van der Waals surface area contributed by atoms with Crippen LogP contribution in [0.4, 0.5) is 0 Å². The van der Waals surface area contributed by atoms with Crippen molar-refractivity contribution in [1.82, 2.24) is 10.6 Å². The van der Waals surface area contributed by atoms with Crippen LogP contribution in [0.25, 0.3) is 0 Å². The monoisotopic (exact) mass is 326 g/mol. The highest BCUT2D eigenvalue weighted by atomic mass is 79.9. The molecule has 1 unspecified atom stereocenters. The summed E-state index contributed by atoms with van der Waals surface area (Å²) in [4.78, 5) is 23.7. The molecule has 1 atom stereocenters. The summed E-state index contributed by atoms with van der Waals surface area (Å²) in [5.74, 6) is -0.793. The van der Waals surface area contributed by atoms with E-state index in [1.165, 1.54) is 12.1 Å². The summed E-state index contributed by atoms with van der Waals surface area (Å²) in [5, 5.41) is 15.0. The number of rotatable bonds is 4. The van der Waals surface area contributed by atoms with Gasteiger partial charge in [0.25, 0.3) is 5.91 Å². The van der Waals surface area contributed by atoms with Crippen LogP contribution in [-0.4, -0.2) is 29.0 Å². The van der Waals surface area contributed by atoms with Gasteiger partial charge in [0.2, 0.25) is 5.91 Å². The molecule has 1 fully saturated rings. The lowest BCUT2D eigenvalue weighted by Crippen LogP contribution is -2.45. The van der Waals surface area contributed by atoms with Crippen LogP contribution in [0.15, 0.2) is 22.7 Å². The van der Waals surface area contributed by atoms with Gasteiger partial charge in [0.1, 0.15) is 11.8 Å². The largest absolute Gasteiger partial charge is 0.507 e. The number of aromatic hydroxyl groups is 1. The zero-order valence-corrected chi connectivity index (χ0v) is 12.0. The van der Waals surface area contributed by atoms with Crippen LogP contribution < -0.4 is 10.6 Å². The summed E-state index contributed by atoms with van der Waals surface area (Å²) in [6.07, 6.45) is 2.00. The van der Waals surface area contributed by atoms with Gasteiger partial charge in [-0.15, -0.1) is 0 Å². The molecule has 0 saturated heterocycles. The molecule has 6 heteroatoms. The molecule has 19 heavy (non-hydrogen) atoms. The third-order valence-corrected chi connectivity index (χ3v) is 3.36. The van der Waals surface area contributed by atoms with E-state index in [9.17, 15) is 14.7 Å². The molecular weight excluding hydrogens is 312 g/mol. The number of amides is 2. The van der Waals surface area contributed by atoms with Crippen molar-refractivity contribution in [1.29, 1.82) is 0 Å². The maximum absolute atomic E-state index is 12.0. The number of phenols is 1. The second kappa shape index (κ2) is 5.61. The summed E-state index contributed by atoms with van der Waals surface area (Å²) in [6, 6.07) is 4.19. The zero-order chi connectivity index (χ0) is 14.0. The molecule has 1 aliphatic carbocycles. The second-order valence-corrected chi connectivity index (χ2v) is 5.56. The first kappa shape index (κ1) is 13.9. The Hall–Kier alpha value is -1.56. The first-order chi connectivity index (χ1) is 8.97. The van der Waals surface area contributed by atoms with Gasteiger partial charge in [-0.25, -0.2) is 0 Å². The van der Waals surface area contributed by atoms with Crippen molar-refractivity contribution < 1.29 is 14.7 Å². The van der Waals surface area contributed by atoms with Gasteiger partial charge in [0.15, 0.2) is 0 Å². The molecule has 0 radical (unpaired) electrons. The molecule has 1 saturated carbocycles. The van der Waals surface area contributed by atoms with E-state index in [1.54, 1.807) is 13.0 Å². The highest BCUT2D eigenvalue weighted by molar-refractivity contribution is 9.10. The van der Waals surface area contributed by atoms with Crippen LogP contribution in [0.3, 0.4) is 0 Å². The molecule has 2 rings (SSSR count). The number of hydrogen-bond acceptors (Lipinski definition) is 3. The Morgan fingerprint density at radius 2 is 2.11 bits per heavy atom. The summed E-state index contributed by atoms with van der Waals surface area (Å²) >= 11 is 3.23. The Bertz CT molecular complexity index is 515. The molecule has 2 amide bonds. The molecule has 102 valence electrons. The minimum absolute atomic E-state index is 0.115. The third kappa shape index (κ3) is 3.70. The lowest BCUT2D eigenvalue weighted by atomic mass is 10.1. The first-order valence-electron chi connectivity index (χ1n) is 6.07. The molecule has 1 aromatic carbocycles. The maximum atomic E-state index is 12.0. The minimum Gasteiger partial charge on any atom is -0.507 e. The average molecular weight is 327 g/mol. The van der Waals surface area contributed by atoms with Gasteiger partial charge in [-0.05, 0) is 38.0 Å². The van der Waals surface area contributed by atoms with Crippen molar-refractivity contribution in [2.24, 2.45) is 0 Å². The Kier molecular flexibility index (Phi) is 4.09. The van der Waals surface area contributed by atoms with Crippen LogP contribution >= 0.6 is 15.9 Å². The van der Waals surface area contributed by atoms with Crippen LogP contribution in [0.5, 0.6) is 5.75 Å². The summed E-state index contributed by atoms with van der Waals surface area (Å²) in [7, 11) is 0. The van der Waals surface area contributed by atoms with E-state index in [4.69, 9.17) is 0 Å². The lowest BCUT2D eigenvalue weighted by Gasteiger charge is -2.14. The molecule has 0 aromatic heterocycles. The van der Waals surface area contributed by atoms with Gasteiger partial charge in [0, 0.05) is 10.5 Å². The van der Waals surface area contributed by atoms with Crippen LogP contribution in [-0.2, 0) is 4.79 Å². The molecule has 5 nitrogen and oxygen atoms in total. The molecule has 0 aliphatic heterocycles. The molecule has 0 spiro atoms. The zero-order valence-electron chi connectivity index (χ0n) is 10.4. The van der Waals surface area contributed by atoms with E-state index in [2.05, 4.69) is 26.6 Å². The van der Waals surface area contributed by atoms with Crippen molar-refractivity contribution in [2.75, 3.05) is 0 Å². The van der Waals surface area contributed by atoms with Gasteiger partial charge in [-0.3, -0.25) is 9.59 Å². The third-order valence-electron chi connectivity index (χ3n) is 2.87. The van der Waals surface area contributed by atoms with Gasteiger partial charge in [-0.2, -0.15) is 0 Å². The van der Waals surface area contributed by atoms with E-state index >= 15 is 0 Å². The second-order valence-electron chi connectivity index (χ2n) is 4.64. The van der Waals surface area contributed by atoms with Crippen LogP contribution in [0.2, 0.25) is 0 Å². The fourth-order valence-corrected chi connectivity index (χ4v) is 1.95. The smallest absolute Gasteiger partial charge is 0.255 e. The Labute approximate surface area is 119 Å². The summed E-state index contributed by atoms with van der Waals surface area (Å²) < 4.78 is 0.686. The Morgan fingerprint density at radius 3 is 2.74 bits per heavy atom. The predicted molar refractivity (Wildman–Crippen MR) is 73.9 cm³/mol. The molecule has 0 bridgehead atoms. The predicted octanol–water partition coefficient (Wildman–Crippen LogP) is 1.55. The molecule has 0 heterocycles. The Morgan fingerprint density at radius 1 is 1.42 bits per heavy atom. The molecule has 1 aromatic rings. The fourth-order valence-electron chi connectivity index (χ4n) is 1.58. The first-order valence-corrected chi connectivity index (χ1v) is 6.86. The Balaban J connectivity index is 1.99. The number of phenolic OH excluding ortho intramolecular Hbond substituents is 1. The van der Waals surface area contributed by atoms with Gasteiger partial charge in [0.05, 0.1) is 5.56 Å². The fraction of sp³-hybridized carbons (Fsp3) is 0.385. The normalized spacial score (nSPS) is 15.7. The number of hydrogen-bond donors (Lipinski definition) is 3. The quantitative estimate of drug-likeness (QED) is 0.785. The summed E-state index contributed by atoms with van der Waals surface area (Å²) in [6.45, 7) is 1.62. The SMILES string of the molecule is CC(NC(=O)c1cc(Br)ccc1O)C(=O)NC1CC1. The molecule has 3 N–H and O–H groups in total. The highest BCUT2D eigenvalue weighted by Crippen LogP contribution is 2.22. The standard InChI is InChI=1S/C13H15BrN2O3/c1-7(12(18)16-9-3-4-9)15-13(19)10-6-8(14)2-5-11(10)17/h2,5-7,9,17H,3-4H2,1H3,(H,15,19)(H,16,18). The molecular formula is C13H15BrN2O3. The van der Waals surface area contributed by atoms with Gasteiger partial charge >= 0.3 is 0 Å². The summed E-state index contributed by atoms with van der Waals surface area (Å²) in [5.41, 5.74) is 0.139. The molecule has 1 aliphatic rings. The van der Waals surface area contributed by atoms with E-state index in [-0.39, 0.29) is 23.3 Å². The van der Waals surface area contributed by atoms with Gasteiger partial charge in [-0.1, -0.05) is 15.9 Å². The van der Waals surface area contributed by atoms with Crippen molar-refractivity contribution in [3.8, 4) is 5.75 Å². The number of halogens is 1. The van der Waals surface area contributed by atoms with Crippen LogP contribution in [0.1, 0.15) is 30.1 Å². The highest BCUT2D eigenvalue weighted by Gasteiger charge is 2.26. The van der Waals surface area contributed by atoms with E-state index in [1.807, 2.05) is 0 Å². The topological polar surface area (TPSA) is 78.4 Å². The van der Waals surface area contributed by atoms with E-state index in [0.717, 1.165) is 12.8 Å². The number of carbonyl (C=O) groups is 2. The van der Waals surface area contributed by atoms with E-state index < -0.39 is 11.9 Å². The van der Waals surface area contributed by atoms with Gasteiger partial charge < -0.3 is 15.7 Å². The van der Waals surface area contributed by atoms with Crippen molar-refractivity contribution >= 4 is 27.7 Å². The number of carbonyl (C=O) groups excluding carboxylic acids is 2. The van der Waals surface area contributed by atoms with E-state index in [0.29, 0.717) is 4.47 Å².